The Bertz CT molecular complexity index is 553. The minimum Gasteiger partial charge on any atom is -0.411 e. The maximum atomic E-state index is 8.97. The number of nitrogens with zero attached hydrogens (tertiary/aromatic N) is 3. The van der Waals surface area contributed by atoms with E-state index in [0.717, 1.165) is 59.5 Å². The molecule has 0 amide bonds. The second kappa shape index (κ2) is 20.8. The Hall–Kier alpha value is -1.37. The van der Waals surface area contributed by atoms with E-state index >= 15 is 0 Å². The summed E-state index contributed by atoms with van der Waals surface area (Å²) < 4.78 is 0. The van der Waals surface area contributed by atoms with E-state index in [1.165, 1.54) is 0 Å². The zero-order chi connectivity index (χ0) is 28.4. The first-order valence-electron chi connectivity index (χ1n) is 13.5. The quantitative estimate of drug-likeness (QED) is 0.107. The molecule has 0 saturated heterocycles. The van der Waals surface area contributed by atoms with Gasteiger partial charge in [-0.3, -0.25) is 0 Å². The molecule has 0 bridgehead atoms. The van der Waals surface area contributed by atoms with Gasteiger partial charge in [0, 0.05) is 10.2 Å². The lowest BCUT2D eigenvalue weighted by molar-refractivity contribution is 0.310. The van der Waals surface area contributed by atoms with E-state index in [9.17, 15) is 0 Å². The highest BCUT2D eigenvalue weighted by Crippen LogP contribution is 2.35. The summed E-state index contributed by atoms with van der Waals surface area (Å²) in [5.74, 6) is 3.46. The number of hydrogen-bond donors (Lipinski definition) is 3. The summed E-state index contributed by atoms with van der Waals surface area (Å²) in [6, 6.07) is 0. The minimum absolute atomic E-state index is 0.138. The van der Waals surface area contributed by atoms with Gasteiger partial charge in [0.05, 0.1) is 17.1 Å². The maximum Gasteiger partial charge on any atom is 0.0597 e. The van der Waals surface area contributed by atoms with Crippen LogP contribution in [0.1, 0.15) is 122 Å². The van der Waals surface area contributed by atoms with Gasteiger partial charge in [-0.05, 0) is 72.6 Å². The standard InChI is InChI=1S/C10H23NOSi.2C9H19NO/c1-7(2)6-9(11-12)10(5,13)8(3)4;2*1-7(2)5-9(10-11)6-8(3)4/h7-8,12H,6H2,1-5,13H3;2*7-8,11H,5-6H2,1-4H3. The van der Waals surface area contributed by atoms with Crippen LogP contribution in [0.5, 0.6) is 0 Å². The predicted molar refractivity (Wildman–Crippen MR) is 158 cm³/mol. The summed E-state index contributed by atoms with van der Waals surface area (Å²) in [6.07, 6.45) is 4.56. The molecule has 0 rings (SSSR count). The highest BCUT2D eigenvalue weighted by molar-refractivity contribution is 6.29. The molecule has 1 atom stereocenters. The topological polar surface area (TPSA) is 97.8 Å². The van der Waals surface area contributed by atoms with Crippen LogP contribution in [0.2, 0.25) is 5.04 Å². The van der Waals surface area contributed by atoms with Crippen LogP contribution in [0.3, 0.4) is 0 Å². The van der Waals surface area contributed by atoms with E-state index < -0.39 is 0 Å². The molecule has 0 saturated carbocycles. The van der Waals surface area contributed by atoms with Gasteiger partial charge in [0.15, 0.2) is 0 Å². The molecule has 7 heteroatoms. The zero-order valence-corrected chi connectivity index (χ0v) is 27.7. The highest BCUT2D eigenvalue weighted by Gasteiger charge is 2.29. The second-order valence-corrected chi connectivity index (χ2v) is 14.8. The molecule has 3 N–H and O–H groups in total. The van der Waals surface area contributed by atoms with Crippen molar-refractivity contribution in [3.63, 3.8) is 0 Å². The van der Waals surface area contributed by atoms with Crippen molar-refractivity contribution in [1.29, 1.82) is 0 Å². The van der Waals surface area contributed by atoms with Gasteiger partial charge in [0.1, 0.15) is 0 Å². The van der Waals surface area contributed by atoms with Gasteiger partial charge in [-0.1, -0.05) is 105 Å². The monoisotopic (exact) mass is 515 g/mol. The van der Waals surface area contributed by atoms with Gasteiger partial charge in [0.2, 0.25) is 0 Å². The number of rotatable bonds is 12. The first kappa shape index (κ1) is 38.2. The molecular formula is C28H61N3O3Si. The molecule has 0 aliphatic heterocycles. The lowest BCUT2D eigenvalue weighted by Crippen LogP contribution is -2.27. The third kappa shape index (κ3) is 22.8. The Morgan fingerprint density at radius 2 is 0.800 bits per heavy atom. The molecule has 0 aromatic rings. The van der Waals surface area contributed by atoms with E-state index in [2.05, 4.69) is 105 Å². The molecule has 0 aliphatic carbocycles. The molecule has 0 aromatic carbocycles. The first-order valence-corrected chi connectivity index (χ1v) is 14.5. The Morgan fingerprint density at radius 3 is 0.943 bits per heavy atom. The Labute approximate surface area is 221 Å². The van der Waals surface area contributed by atoms with Crippen molar-refractivity contribution < 1.29 is 15.6 Å². The third-order valence-corrected chi connectivity index (χ3v) is 7.50. The zero-order valence-electron chi connectivity index (χ0n) is 25.7. The molecule has 210 valence electrons. The number of oxime groups is 3. The van der Waals surface area contributed by atoms with E-state index in [4.69, 9.17) is 15.6 Å². The van der Waals surface area contributed by atoms with Crippen molar-refractivity contribution >= 4 is 27.4 Å². The van der Waals surface area contributed by atoms with Crippen LogP contribution in [0.15, 0.2) is 15.5 Å². The summed E-state index contributed by atoms with van der Waals surface area (Å²) in [7, 11) is 1.04. The van der Waals surface area contributed by atoms with E-state index in [1.807, 2.05) is 0 Å². The molecule has 1 unspecified atom stereocenters. The normalized spacial score (nSPS) is 13.5. The molecule has 0 fully saturated rings. The van der Waals surface area contributed by atoms with Crippen molar-refractivity contribution in [3.05, 3.63) is 0 Å². The number of hydrogen-bond acceptors (Lipinski definition) is 6. The predicted octanol–water partition coefficient (Wildman–Crippen LogP) is 7.88. The fraction of sp³-hybridized carbons (Fsp3) is 0.893. The van der Waals surface area contributed by atoms with Gasteiger partial charge in [-0.15, -0.1) is 0 Å². The second-order valence-electron chi connectivity index (χ2n) is 12.7. The van der Waals surface area contributed by atoms with Crippen molar-refractivity contribution in [1.82, 2.24) is 0 Å². The molecular weight excluding hydrogens is 454 g/mol. The lowest BCUT2D eigenvalue weighted by Gasteiger charge is -2.30. The summed E-state index contributed by atoms with van der Waals surface area (Å²) in [5.41, 5.74) is 2.83. The van der Waals surface area contributed by atoms with Crippen molar-refractivity contribution in [3.8, 4) is 0 Å². The third-order valence-electron chi connectivity index (χ3n) is 5.77. The van der Waals surface area contributed by atoms with E-state index in [0.29, 0.717) is 35.5 Å². The summed E-state index contributed by atoms with van der Waals surface area (Å²) in [6.45, 7) is 27.9. The van der Waals surface area contributed by atoms with Crippen LogP contribution in [0.4, 0.5) is 0 Å². The van der Waals surface area contributed by atoms with Gasteiger partial charge < -0.3 is 15.6 Å². The molecule has 0 spiro atoms. The Morgan fingerprint density at radius 1 is 0.543 bits per heavy atom. The van der Waals surface area contributed by atoms with Crippen LogP contribution in [-0.2, 0) is 0 Å². The Balaban J connectivity index is -0.000000441. The highest BCUT2D eigenvalue weighted by atomic mass is 28.1. The summed E-state index contributed by atoms with van der Waals surface area (Å²) >= 11 is 0. The van der Waals surface area contributed by atoms with E-state index in [-0.39, 0.29) is 5.04 Å². The Kier molecular flexibility index (Phi) is 22.7. The maximum absolute atomic E-state index is 8.97. The minimum atomic E-state index is 0.138. The molecule has 35 heavy (non-hydrogen) atoms. The molecule has 0 aromatic heterocycles. The van der Waals surface area contributed by atoms with Gasteiger partial charge in [-0.2, -0.15) is 0 Å². The van der Waals surface area contributed by atoms with Gasteiger partial charge in [0.25, 0.3) is 0 Å². The summed E-state index contributed by atoms with van der Waals surface area (Å²) in [4.78, 5) is 0. The summed E-state index contributed by atoms with van der Waals surface area (Å²) in [5, 5.41) is 36.4. The van der Waals surface area contributed by atoms with Crippen LogP contribution in [0.25, 0.3) is 0 Å². The smallest absolute Gasteiger partial charge is 0.0597 e. The van der Waals surface area contributed by atoms with Crippen LogP contribution < -0.4 is 0 Å². The van der Waals surface area contributed by atoms with Gasteiger partial charge >= 0.3 is 0 Å². The van der Waals surface area contributed by atoms with Gasteiger partial charge in [-0.25, -0.2) is 0 Å². The fourth-order valence-corrected chi connectivity index (χ4v) is 3.67. The van der Waals surface area contributed by atoms with Crippen LogP contribution in [0, 0.1) is 35.5 Å². The molecule has 0 heterocycles. The average Bonchev–Trinajstić information content (AvgIpc) is 2.70. The first-order chi connectivity index (χ1) is 15.9. The molecule has 0 radical (unpaired) electrons. The molecule has 6 nitrogen and oxygen atoms in total. The van der Waals surface area contributed by atoms with Crippen molar-refractivity contribution in [2.75, 3.05) is 0 Å². The van der Waals surface area contributed by atoms with Crippen molar-refractivity contribution in [2.24, 2.45) is 51.0 Å². The SMILES string of the molecule is CC(C)CC(=NO)C(C)([SiH3])C(C)C.CC(C)CC(CC(C)C)=NO.CC(C)CC(CC(C)C)=NO. The van der Waals surface area contributed by atoms with Crippen LogP contribution in [-0.4, -0.2) is 43.0 Å². The van der Waals surface area contributed by atoms with E-state index in [1.54, 1.807) is 0 Å². The largest absolute Gasteiger partial charge is 0.411 e. The lowest BCUT2D eigenvalue weighted by atomic mass is 9.87. The fourth-order valence-electron chi connectivity index (χ4n) is 3.37. The average molecular weight is 516 g/mol. The van der Waals surface area contributed by atoms with Crippen LogP contribution >= 0.6 is 0 Å². The van der Waals surface area contributed by atoms with Crippen molar-refractivity contribution in [2.45, 2.75) is 127 Å². The molecule has 0 aliphatic rings.